The Bertz CT molecular complexity index is 430. The molecule has 2 nitrogen and oxygen atoms in total. The standard InChI is InChI=1S/C12H12ClF3O2/c1-2-18-11(17)6-4-8-3-5-9(13)7-10(8)12(14,15)16/h3,5,7H,2,4,6H2,1H3. The fraction of sp³-hybridized carbons (Fsp3) is 0.417. The Morgan fingerprint density at radius 2 is 2.06 bits per heavy atom. The smallest absolute Gasteiger partial charge is 0.416 e. The highest BCUT2D eigenvalue weighted by atomic mass is 35.5. The molecule has 0 amide bonds. The van der Waals surface area contributed by atoms with Gasteiger partial charge >= 0.3 is 12.1 Å². The molecule has 1 aromatic rings. The van der Waals surface area contributed by atoms with E-state index in [-0.39, 0.29) is 30.0 Å². The summed E-state index contributed by atoms with van der Waals surface area (Å²) < 4.78 is 42.8. The maximum Gasteiger partial charge on any atom is 0.416 e. The normalized spacial score (nSPS) is 11.4. The van der Waals surface area contributed by atoms with Crippen molar-refractivity contribution in [2.45, 2.75) is 25.9 Å². The second-order valence-corrected chi connectivity index (χ2v) is 4.04. The van der Waals surface area contributed by atoms with Gasteiger partial charge in [-0.25, -0.2) is 0 Å². The van der Waals surface area contributed by atoms with Crippen molar-refractivity contribution in [1.82, 2.24) is 0 Å². The van der Waals surface area contributed by atoms with Gasteiger partial charge in [-0.2, -0.15) is 13.2 Å². The monoisotopic (exact) mass is 280 g/mol. The maximum absolute atomic E-state index is 12.7. The number of rotatable bonds is 4. The summed E-state index contributed by atoms with van der Waals surface area (Å²) in [7, 11) is 0. The predicted molar refractivity (Wildman–Crippen MR) is 61.4 cm³/mol. The van der Waals surface area contributed by atoms with E-state index in [2.05, 4.69) is 4.74 Å². The van der Waals surface area contributed by atoms with E-state index in [4.69, 9.17) is 11.6 Å². The van der Waals surface area contributed by atoms with Crippen LogP contribution < -0.4 is 0 Å². The minimum atomic E-state index is -4.48. The lowest BCUT2D eigenvalue weighted by Crippen LogP contribution is -2.11. The summed E-state index contributed by atoms with van der Waals surface area (Å²) in [4.78, 5) is 11.1. The van der Waals surface area contributed by atoms with Crippen LogP contribution in [0.2, 0.25) is 5.02 Å². The molecule has 0 bridgehead atoms. The van der Waals surface area contributed by atoms with Crippen LogP contribution in [0, 0.1) is 0 Å². The van der Waals surface area contributed by atoms with Gasteiger partial charge in [0.25, 0.3) is 0 Å². The average molecular weight is 281 g/mol. The molecule has 1 aromatic carbocycles. The zero-order chi connectivity index (χ0) is 13.8. The Balaban J connectivity index is 2.85. The number of alkyl halides is 3. The third-order valence-electron chi connectivity index (χ3n) is 2.28. The molecule has 0 saturated heterocycles. The van der Waals surface area contributed by atoms with Gasteiger partial charge in [-0.15, -0.1) is 0 Å². The molecule has 0 fully saturated rings. The molecule has 0 spiro atoms. The number of ether oxygens (including phenoxy) is 1. The highest BCUT2D eigenvalue weighted by Gasteiger charge is 2.33. The Hall–Kier alpha value is -1.23. The van der Waals surface area contributed by atoms with Crippen LogP contribution in [0.25, 0.3) is 0 Å². The highest BCUT2D eigenvalue weighted by molar-refractivity contribution is 6.30. The molecule has 0 aromatic heterocycles. The topological polar surface area (TPSA) is 26.3 Å². The summed E-state index contributed by atoms with van der Waals surface area (Å²) in [6, 6.07) is 3.52. The summed E-state index contributed by atoms with van der Waals surface area (Å²) in [5, 5.41) is 0.0159. The zero-order valence-electron chi connectivity index (χ0n) is 9.68. The SMILES string of the molecule is CCOC(=O)CCc1ccc(Cl)cc1C(F)(F)F. The van der Waals surface area contributed by atoms with Gasteiger partial charge in [-0.05, 0) is 31.0 Å². The van der Waals surface area contributed by atoms with E-state index in [1.165, 1.54) is 12.1 Å². The third kappa shape index (κ3) is 4.22. The van der Waals surface area contributed by atoms with E-state index in [9.17, 15) is 18.0 Å². The quantitative estimate of drug-likeness (QED) is 0.783. The number of hydrogen-bond donors (Lipinski definition) is 0. The van der Waals surface area contributed by atoms with E-state index < -0.39 is 17.7 Å². The molecule has 18 heavy (non-hydrogen) atoms. The van der Waals surface area contributed by atoms with Crippen molar-refractivity contribution >= 4 is 17.6 Å². The van der Waals surface area contributed by atoms with Crippen LogP contribution in [0.4, 0.5) is 13.2 Å². The lowest BCUT2D eigenvalue weighted by atomic mass is 10.0. The zero-order valence-corrected chi connectivity index (χ0v) is 10.4. The first kappa shape index (κ1) is 14.8. The second kappa shape index (κ2) is 6.09. The first-order valence-electron chi connectivity index (χ1n) is 5.36. The summed E-state index contributed by atoms with van der Waals surface area (Å²) in [6.07, 6.45) is -4.59. The number of carbonyl (C=O) groups excluding carboxylic acids is 1. The van der Waals surface area contributed by atoms with Crippen molar-refractivity contribution in [3.63, 3.8) is 0 Å². The molecule has 0 radical (unpaired) electrons. The molecule has 1 rings (SSSR count). The van der Waals surface area contributed by atoms with Gasteiger partial charge in [0, 0.05) is 11.4 Å². The van der Waals surface area contributed by atoms with Gasteiger partial charge < -0.3 is 4.74 Å². The van der Waals surface area contributed by atoms with E-state index in [0.29, 0.717) is 0 Å². The number of hydrogen-bond acceptors (Lipinski definition) is 2. The van der Waals surface area contributed by atoms with Crippen LogP contribution in [-0.2, 0) is 22.1 Å². The Kier molecular flexibility index (Phi) is 5.02. The Morgan fingerprint density at radius 3 is 2.61 bits per heavy atom. The molecule has 0 saturated carbocycles. The lowest BCUT2D eigenvalue weighted by Gasteiger charge is -2.12. The third-order valence-corrected chi connectivity index (χ3v) is 2.52. The molecular weight excluding hydrogens is 269 g/mol. The average Bonchev–Trinajstić information content (AvgIpc) is 2.26. The molecule has 100 valence electrons. The van der Waals surface area contributed by atoms with E-state index in [0.717, 1.165) is 6.07 Å². The largest absolute Gasteiger partial charge is 0.466 e. The highest BCUT2D eigenvalue weighted by Crippen LogP contribution is 2.34. The van der Waals surface area contributed by atoms with Crippen LogP contribution in [0.15, 0.2) is 18.2 Å². The van der Waals surface area contributed by atoms with Crippen LogP contribution in [0.1, 0.15) is 24.5 Å². The van der Waals surface area contributed by atoms with Crippen molar-refractivity contribution in [2.24, 2.45) is 0 Å². The van der Waals surface area contributed by atoms with Crippen molar-refractivity contribution in [2.75, 3.05) is 6.61 Å². The van der Waals surface area contributed by atoms with Gasteiger partial charge in [0.1, 0.15) is 0 Å². The van der Waals surface area contributed by atoms with Gasteiger partial charge in [0.15, 0.2) is 0 Å². The van der Waals surface area contributed by atoms with Gasteiger partial charge in [0.05, 0.1) is 12.2 Å². The van der Waals surface area contributed by atoms with Crippen LogP contribution in [-0.4, -0.2) is 12.6 Å². The maximum atomic E-state index is 12.7. The van der Waals surface area contributed by atoms with Gasteiger partial charge in [-0.1, -0.05) is 17.7 Å². The second-order valence-electron chi connectivity index (χ2n) is 3.60. The fourth-order valence-electron chi connectivity index (χ4n) is 1.50. The first-order chi connectivity index (χ1) is 8.34. The number of benzene rings is 1. The molecular formula is C12H12ClF3O2. The minimum Gasteiger partial charge on any atom is -0.466 e. The number of halogens is 4. The van der Waals surface area contributed by atoms with Gasteiger partial charge in [0.2, 0.25) is 0 Å². The van der Waals surface area contributed by atoms with Crippen LogP contribution >= 0.6 is 11.6 Å². The summed E-state index contributed by atoms with van der Waals surface area (Å²) in [6.45, 7) is 1.85. The van der Waals surface area contributed by atoms with Crippen molar-refractivity contribution < 1.29 is 22.7 Å². The summed E-state index contributed by atoms with van der Waals surface area (Å²) >= 11 is 5.54. The number of carbonyl (C=O) groups is 1. The van der Waals surface area contributed by atoms with E-state index in [1.54, 1.807) is 6.92 Å². The van der Waals surface area contributed by atoms with Crippen molar-refractivity contribution in [3.8, 4) is 0 Å². The first-order valence-corrected chi connectivity index (χ1v) is 5.73. The predicted octanol–water partition coefficient (Wildman–Crippen LogP) is 3.85. The summed E-state index contributed by atoms with van der Waals surface area (Å²) in [5.74, 6) is -0.513. The van der Waals surface area contributed by atoms with E-state index >= 15 is 0 Å². The fourth-order valence-corrected chi connectivity index (χ4v) is 1.67. The van der Waals surface area contributed by atoms with E-state index in [1.807, 2.05) is 0 Å². The molecule has 0 aliphatic heterocycles. The number of esters is 1. The minimum absolute atomic E-state index is 0.0159. The Morgan fingerprint density at radius 1 is 1.39 bits per heavy atom. The van der Waals surface area contributed by atoms with Crippen molar-refractivity contribution in [3.05, 3.63) is 34.3 Å². The summed E-state index contributed by atoms with van der Waals surface area (Å²) in [5.41, 5.74) is -0.765. The van der Waals surface area contributed by atoms with Crippen LogP contribution in [0.5, 0.6) is 0 Å². The molecule has 0 unspecified atom stereocenters. The molecule has 0 atom stereocenters. The van der Waals surface area contributed by atoms with Gasteiger partial charge in [-0.3, -0.25) is 4.79 Å². The Labute approximate surface area is 108 Å². The van der Waals surface area contributed by atoms with Crippen LogP contribution in [0.3, 0.4) is 0 Å². The number of aryl methyl sites for hydroxylation is 1. The molecule has 0 N–H and O–H groups in total. The van der Waals surface area contributed by atoms with Crippen molar-refractivity contribution in [1.29, 1.82) is 0 Å². The molecule has 0 aliphatic rings. The molecule has 0 heterocycles. The molecule has 0 aliphatic carbocycles. The molecule has 6 heteroatoms. The lowest BCUT2D eigenvalue weighted by molar-refractivity contribution is -0.144.